The van der Waals surface area contributed by atoms with Crippen molar-refractivity contribution in [3.8, 4) is 5.75 Å². The summed E-state index contributed by atoms with van der Waals surface area (Å²) >= 11 is 0. The maximum Gasteiger partial charge on any atom is 0.126 e. The maximum atomic E-state index is 5.31. The molecule has 0 bridgehead atoms. The molecule has 0 aliphatic heterocycles. The van der Waals surface area contributed by atoms with Crippen LogP contribution in [0.5, 0.6) is 5.75 Å². The third-order valence-electron chi connectivity index (χ3n) is 2.05. The zero-order valence-electron chi connectivity index (χ0n) is 8.72. The Balaban J connectivity index is 3.29. The minimum Gasteiger partial charge on any atom is -0.496 e. The molecule has 0 aromatic heterocycles. The molecule has 0 heterocycles. The number of aryl methyl sites for hydroxylation is 2. The van der Waals surface area contributed by atoms with Gasteiger partial charge in [-0.05, 0) is 38.0 Å². The van der Waals surface area contributed by atoms with E-state index in [1.54, 1.807) is 7.11 Å². The number of benzene rings is 1. The number of rotatable bonds is 2. The highest BCUT2D eigenvalue weighted by Crippen LogP contribution is 2.25. The van der Waals surface area contributed by atoms with Crippen molar-refractivity contribution >= 4 is 6.08 Å². The Hall–Kier alpha value is -1.24. The third kappa shape index (κ3) is 2.11. The lowest BCUT2D eigenvalue weighted by Gasteiger charge is -2.09. The van der Waals surface area contributed by atoms with E-state index in [2.05, 4.69) is 32.1 Å². The standard InChI is InChI=1S/C12H16O/c1-5-6-11-10(3)7-9(2)8-12(11)13-4/h5-8H,1-4H3/b6-5+. The Morgan fingerprint density at radius 3 is 2.46 bits per heavy atom. The van der Waals surface area contributed by atoms with Gasteiger partial charge in [0.05, 0.1) is 7.11 Å². The number of hydrogen-bond donors (Lipinski definition) is 0. The van der Waals surface area contributed by atoms with Crippen LogP contribution in [-0.2, 0) is 0 Å². The minimum absolute atomic E-state index is 0.954. The summed E-state index contributed by atoms with van der Waals surface area (Å²) in [5.41, 5.74) is 3.67. The first-order valence-corrected chi connectivity index (χ1v) is 4.47. The summed E-state index contributed by atoms with van der Waals surface area (Å²) in [5, 5.41) is 0. The summed E-state index contributed by atoms with van der Waals surface area (Å²) < 4.78 is 5.31. The van der Waals surface area contributed by atoms with E-state index in [0.717, 1.165) is 5.75 Å². The summed E-state index contributed by atoms with van der Waals surface area (Å²) in [6.07, 6.45) is 4.10. The molecule has 0 unspecified atom stereocenters. The van der Waals surface area contributed by atoms with Gasteiger partial charge in [-0.2, -0.15) is 0 Å². The molecular weight excluding hydrogens is 160 g/mol. The Kier molecular flexibility index (Phi) is 3.13. The fourth-order valence-corrected chi connectivity index (χ4v) is 1.49. The molecule has 70 valence electrons. The van der Waals surface area contributed by atoms with Crippen molar-refractivity contribution in [2.45, 2.75) is 20.8 Å². The first-order chi connectivity index (χ1) is 6.19. The largest absolute Gasteiger partial charge is 0.496 e. The normalized spacial score (nSPS) is 10.8. The van der Waals surface area contributed by atoms with Crippen molar-refractivity contribution in [3.05, 3.63) is 34.9 Å². The molecule has 0 atom stereocenters. The molecule has 1 heteroatoms. The Bertz CT molecular complexity index is 324. The lowest BCUT2D eigenvalue weighted by molar-refractivity contribution is 0.413. The molecule has 0 saturated heterocycles. The van der Waals surface area contributed by atoms with Crippen LogP contribution in [-0.4, -0.2) is 7.11 Å². The zero-order valence-corrected chi connectivity index (χ0v) is 8.72. The van der Waals surface area contributed by atoms with Crippen LogP contribution in [0.15, 0.2) is 18.2 Å². The average molecular weight is 176 g/mol. The second-order valence-electron chi connectivity index (χ2n) is 3.20. The van der Waals surface area contributed by atoms with Gasteiger partial charge in [-0.3, -0.25) is 0 Å². The molecule has 1 aromatic carbocycles. The first-order valence-electron chi connectivity index (χ1n) is 4.47. The Morgan fingerprint density at radius 2 is 1.92 bits per heavy atom. The van der Waals surface area contributed by atoms with Crippen molar-refractivity contribution in [3.63, 3.8) is 0 Å². The number of ether oxygens (including phenoxy) is 1. The van der Waals surface area contributed by atoms with Crippen molar-refractivity contribution in [1.82, 2.24) is 0 Å². The summed E-state index contributed by atoms with van der Waals surface area (Å²) in [7, 11) is 1.71. The highest BCUT2D eigenvalue weighted by atomic mass is 16.5. The molecule has 0 amide bonds. The molecule has 1 nitrogen and oxygen atoms in total. The van der Waals surface area contributed by atoms with Crippen molar-refractivity contribution < 1.29 is 4.74 Å². The second kappa shape index (κ2) is 4.13. The van der Waals surface area contributed by atoms with Crippen LogP contribution in [0.2, 0.25) is 0 Å². The van der Waals surface area contributed by atoms with Gasteiger partial charge < -0.3 is 4.74 Å². The van der Waals surface area contributed by atoms with Gasteiger partial charge in [-0.1, -0.05) is 18.2 Å². The molecule has 0 N–H and O–H groups in total. The molecule has 0 spiro atoms. The van der Waals surface area contributed by atoms with E-state index in [9.17, 15) is 0 Å². The van der Waals surface area contributed by atoms with E-state index in [0.29, 0.717) is 0 Å². The van der Waals surface area contributed by atoms with Gasteiger partial charge >= 0.3 is 0 Å². The summed E-state index contributed by atoms with van der Waals surface area (Å²) in [6, 6.07) is 4.22. The summed E-state index contributed by atoms with van der Waals surface area (Å²) in [6.45, 7) is 6.19. The van der Waals surface area contributed by atoms with E-state index in [1.807, 2.05) is 13.0 Å². The lowest BCUT2D eigenvalue weighted by atomic mass is 10.0. The summed E-state index contributed by atoms with van der Waals surface area (Å²) in [5.74, 6) is 0.954. The summed E-state index contributed by atoms with van der Waals surface area (Å²) in [4.78, 5) is 0. The average Bonchev–Trinajstić information content (AvgIpc) is 2.09. The number of allylic oxidation sites excluding steroid dienone is 1. The van der Waals surface area contributed by atoms with Crippen LogP contribution in [0.3, 0.4) is 0 Å². The molecule has 13 heavy (non-hydrogen) atoms. The zero-order chi connectivity index (χ0) is 9.84. The predicted molar refractivity (Wildman–Crippen MR) is 57.2 cm³/mol. The first kappa shape index (κ1) is 9.85. The van der Waals surface area contributed by atoms with Gasteiger partial charge in [0.15, 0.2) is 0 Å². The van der Waals surface area contributed by atoms with Crippen LogP contribution in [0.1, 0.15) is 23.6 Å². The third-order valence-corrected chi connectivity index (χ3v) is 2.05. The fourth-order valence-electron chi connectivity index (χ4n) is 1.49. The van der Waals surface area contributed by atoms with Crippen LogP contribution >= 0.6 is 0 Å². The minimum atomic E-state index is 0.954. The van der Waals surface area contributed by atoms with Crippen molar-refractivity contribution in [2.24, 2.45) is 0 Å². The van der Waals surface area contributed by atoms with Crippen molar-refractivity contribution in [2.75, 3.05) is 7.11 Å². The molecule has 0 saturated carbocycles. The SMILES string of the molecule is C/C=C/c1c(C)cc(C)cc1OC. The lowest BCUT2D eigenvalue weighted by Crippen LogP contribution is -1.91. The molecular formula is C12H16O. The molecule has 1 aromatic rings. The molecule has 0 fully saturated rings. The van der Waals surface area contributed by atoms with E-state index >= 15 is 0 Å². The van der Waals surface area contributed by atoms with Crippen LogP contribution in [0.4, 0.5) is 0 Å². The molecule has 0 aliphatic carbocycles. The second-order valence-corrected chi connectivity index (χ2v) is 3.20. The van der Waals surface area contributed by atoms with E-state index in [-0.39, 0.29) is 0 Å². The highest BCUT2D eigenvalue weighted by molar-refractivity contribution is 5.61. The van der Waals surface area contributed by atoms with Crippen LogP contribution < -0.4 is 4.74 Å². The van der Waals surface area contributed by atoms with Gasteiger partial charge in [0, 0.05) is 5.56 Å². The number of methoxy groups -OCH3 is 1. The van der Waals surface area contributed by atoms with Crippen LogP contribution in [0.25, 0.3) is 6.08 Å². The topological polar surface area (TPSA) is 9.23 Å². The van der Waals surface area contributed by atoms with Gasteiger partial charge in [0.1, 0.15) is 5.75 Å². The fraction of sp³-hybridized carbons (Fsp3) is 0.333. The predicted octanol–water partition coefficient (Wildman–Crippen LogP) is 3.35. The molecule has 0 radical (unpaired) electrons. The molecule has 1 rings (SSSR count). The quantitative estimate of drug-likeness (QED) is 0.671. The van der Waals surface area contributed by atoms with E-state index < -0.39 is 0 Å². The number of hydrogen-bond acceptors (Lipinski definition) is 1. The van der Waals surface area contributed by atoms with E-state index in [4.69, 9.17) is 4.74 Å². The van der Waals surface area contributed by atoms with Gasteiger partial charge in [0.2, 0.25) is 0 Å². The van der Waals surface area contributed by atoms with Crippen LogP contribution in [0, 0.1) is 13.8 Å². The Morgan fingerprint density at radius 1 is 1.23 bits per heavy atom. The monoisotopic (exact) mass is 176 g/mol. The smallest absolute Gasteiger partial charge is 0.126 e. The van der Waals surface area contributed by atoms with Crippen molar-refractivity contribution in [1.29, 1.82) is 0 Å². The maximum absolute atomic E-state index is 5.31. The Labute approximate surface area is 80.0 Å². The van der Waals surface area contributed by atoms with Gasteiger partial charge in [-0.15, -0.1) is 0 Å². The molecule has 0 aliphatic rings. The highest BCUT2D eigenvalue weighted by Gasteiger charge is 2.03. The van der Waals surface area contributed by atoms with E-state index in [1.165, 1.54) is 16.7 Å². The van der Waals surface area contributed by atoms with Gasteiger partial charge in [0.25, 0.3) is 0 Å². The van der Waals surface area contributed by atoms with Gasteiger partial charge in [-0.25, -0.2) is 0 Å².